The van der Waals surface area contributed by atoms with Crippen LogP contribution in [0.3, 0.4) is 0 Å². The second-order valence-corrected chi connectivity index (χ2v) is 5.78. The molecular weight excluding hydrogens is 284 g/mol. The second-order valence-electron chi connectivity index (χ2n) is 4.87. The molecule has 6 heteroatoms. The van der Waals surface area contributed by atoms with Crippen LogP contribution in [0.15, 0.2) is 11.4 Å². The quantitative estimate of drug-likeness (QED) is 0.933. The van der Waals surface area contributed by atoms with Crippen LogP contribution in [0.4, 0.5) is 0 Å². The second kappa shape index (κ2) is 7.12. The SMILES string of the molecule is COc1csc(C(=O)N2CCC(C)CC2CN)c1.Cl. The molecule has 2 rings (SSSR count). The summed E-state index contributed by atoms with van der Waals surface area (Å²) in [5.74, 6) is 1.49. The highest BCUT2D eigenvalue weighted by molar-refractivity contribution is 7.12. The lowest BCUT2D eigenvalue weighted by Gasteiger charge is -2.37. The van der Waals surface area contributed by atoms with Crippen molar-refractivity contribution in [2.24, 2.45) is 11.7 Å². The molecule has 1 saturated heterocycles. The minimum atomic E-state index is 0. The first-order chi connectivity index (χ1) is 8.65. The summed E-state index contributed by atoms with van der Waals surface area (Å²) >= 11 is 1.43. The number of thiophene rings is 1. The monoisotopic (exact) mass is 304 g/mol. The summed E-state index contributed by atoms with van der Waals surface area (Å²) in [4.78, 5) is 15.1. The minimum Gasteiger partial charge on any atom is -0.496 e. The number of rotatable bonds is 3. The maximum atomic E-state index is 12.4. The van der Waals surface area contributed by atoms with Gasteiger partial charge in [-0.2, -0.15) is 0 Å². The summed E-state index contributed by atoms with van der Waals surface area (Å²) < 4.78 is 5.12. The van der Waals surface area contributed by atoms with Crippen LogP contribution in [0.5, 0.6) is 5.75 Å². The van der Waals surface area contributed by atoms with E-state index in [0.717, 1.165) is 30.0 Å². The van der Waals surface area contributed by atoms with Gasteiger partial charge >= 0.3 is 0 Å². The van der Waals surface area contributed by atoms with E-state index >= 15 is 0 Å². The highest BCUT2D eigenvalue weighted by atomic mass is 35.5. The van der Waals surface area contributed by atoms with E-state index in [-0.39, 0.29) is 24.4 Å². The molecule has 0 saturated carbocycles. The zero-order valence-electron chi connectivity index (χ0n) is 11.3. The summed E-state index contributed by atoms with van der Waals surface area (Å²) in [5.41, 5.74) is 5.79. The third kappa shape index (κ3) is 3.61. The molecule has 0 radical (unpaired) electrons. The maximum Gasteiger partial charge on any atom is 0.264 e. The number of carbonyl (C=O) groups is 1. The Kier molecular flexibility index (Phi) is 6.10. The number of hydrogen-bond donors (Lipinski definition) is 1. The van der Waals surface area contributed by atoms with Gasteiger partial charge in [0, 0.05) is 30.6 Å². The van der Waals surface area contributed by atoms with E-state index in [0.29, 0.717) is 12.5 Å². The number of methoxy groups -OCH3 is 1. The first kappa shape index (κ1) is 16.3. The lowest BCUT2D eigenvalue weighted by Crippen LogP contribution is -2.49. The molecular formula is C13H21ClN2O2S. The number of nitrogens with two attached hydrogens (primary N) is 1. The molecule has 19 heavy (non-hydrogen) atoms. The van der Waals surface area contributed by atoms with Crippen LogP contribution in [0.2, 0.25) is 0 Å². The average Bonchev–Trinajstić information content (AvgIpc) is 2.86. The van der Waals surface area contributed by atoms with Gasteiger partial charge in [0.15, 0.2) is 0 Å². The predicted octanol–water partition coefficient (Wildman–Crippen LogP) is 2.38. The summed E-state index contributed by atoms with van der Waals surface area (Å²) in [7, 11) is 1.61. The Morgan fingerprint density at radius 2 is 2.37 bits per heavy atom. The molecule has 1 fully saturated rings. The molecule has 2 atom stereocenters. The van der Waals surface area contributed by atoms with Crippen LogP contribution >= 0.6 is 23.7 Å². The van der Waals surface area contributed by atoms with Crippen molar-refractivity contribution >= 4 is 29.7 Å². The highest BCUT2D eigenvalue weighted by Gasteiger charge is 2.30. The van der Waals surface area contributed by atoms with Crippen LogP contribution in [-0.4, -0.2) is 37.0 Å². The number of ether oxygens (including phenoxy) is 1. The Labute approximate surface area is 124 Å². The molecule has 1 aromatic rings. The van der Waals surface area contributed by atoms with Gasteiger partial charge in [0.05, 0.1) is 12.0 Å². The van der Waals surface area contributed by atoms with Gasteiger partial charge in [0.25, 0.3) is 5.91 Å². The number of piperidine rings is 1. The summed E-state index contributed by atoms with van der Waals surface area (Å²) in [6.45, 7) is 3.57. The summed E-state index contributed by atoms with van der Waals surface area (Å²) in [6, 6.07) is 1.98. The molecule has 4 nitrogen and oxygen atoms in total. The van der Waals surface area contributed by atoms with E-state index in [1.807, 2.05) is 10.3 Å². The zero-order chi connectivity index (χ0) is 13.1. The third-order valence-corrected chi connectivity index (χ3v) is 4.43. The first-order valence-electron chi connectivity index (χ1n) is 6.29. The normalized spacial score (nSPS) is 22.8. The molecule has 1 amide bonds. The molecule has 0 aromatic carbocycles. The van der Waals surface area contributed by atoms with E-state index in [2.05, 4.69) is 6.92 Å². The molecule has 1 aliphatic heterocycles. The summed E-state index contributed by atoms with van der Waals surface area (Å²) in [6.07, 6.45) is 2.06. The van der Waals surface area contributed by atoms with Crippen LogP contribution in [0.25, 0.3) is 0 Å². The van der Waals surface area contributed by atoms with Crippen molar-refractivity contribution in [2.75, 3.05) is 20.2 Å². The number of halogens is 1. The van der Waals surface area contributed by atoms with Crippen molar-refractivity contribution in [1.82, 2.24) is 4.90 Å². The largest absolute Gasteiger partial charge is 0.496 e. The van der Waals surface area contributed by atoms with Gasteiger partial charge in [-0.1, -0.05) is 6.92 Å². The Balaban J connectivity index is 0.00000180. The van der Waals surface area contributed by atoms with E-state index < -0.39 is 0 Å². The summed E-state index contributed by atoms with van der Waals surface area (Å²) in [5, 5.41) is 1.86. The molecule has 0 spiro atoms. The van der Waals surface area contributed by atoms with Gasteiger partial charge in [-0.15, -0.1) is 23.7 Å². The van der Waals surface area contributed by atoms with Crippen LogP contribution in [0, 0.1) is 5.92 Å². The van der Waals surface area contributed by atoms with Crippen molar-refractivity contribution in [2.45, 2.75) is 25.8 Å². The molecule has 0 bridgehead atoms. The molecule has 1 aromatic heterocycles. The molecule has 2 heterocycles. The fraction of sp³-hybridized carbons (Fsp3) is 0.615. The Bertz CT molecular complexity index is 425. The topological polar surface area (TPSA) is 55.6 Å². The molecule has 0 aliphatic carbocycles. The molecule has 2 N–H and O–H groups in total. The van der Waals surface area contributed by atoms with Crippen LogP contribution in [0.1, 0.15) is 29.4 Å². The average molecular weight is 305 g/mol. The van der Waals surface area contributed by atoms with Gasteiger partial charge in [-0.05, 0) is 18.8 Å². The van der Waals surface area contributed by atoms with Gasteiger partial charge in [-0.25, -0.2) is 0 Å². The number of carbonyl (C=O) groups excluding carboxylic acids is 1. The first-order valence-corrected chi connectivity index (χ1v) is 7.17. The fourth-order valence-electron chi connectivity index (χ4n) is 2.42. The highest BCUT2D eigenvalue weighted by Crippen LogP contribution is 2.27. The standard InChI is InChI=1S/C13H20N2O2S.ClH/c1-9-3-4-15(10(5-9)7-14)13(16)12-6-11(17-2)8-18-12;/h6,8-10H,3-5,7,14H2,1-2H3;1H. The minimum absolute atomic E-state index is 0. The lowest BCUT2D eigenvalue weighted by atomic mass is 9.92. The van der Waals surface area contributed by atoms with E-state index in [1.165, 1.54) is 11.3 Å². The van der Waals surface area contributed by atoms with Gasteiger partial charge in [0.1, 0.15) is 5.75 Å². The number of hydrogen-bond acceptors (Lipinski definition) is 4. The van der Waals surface area contributed by atoms with Crippen molar-refractivity contribution in [3.8, 4) is 5.75 Å². The molecule has 108 valence electrons. The van der Waals surface area contributed by atoms with Gasteiger partial charge in [-0.3, -0.25) is 4.79 Å². The van der Waals surface area contributed by atoms with E-state index in [1.54, 1.807) is 13.2 Å². The van der Waals surface area contributed by atoms with Gasteiger partial charge < -0.3 is 15.4 Å². The number of nitrogens with zero attached hydrogens (tertiary/aromatic N) is 1. The van der Waals surface area contributed by atoms with Crippen molar-refractivity contribution in [3.05, 3.63) is 16.3 Å². The van der Waals surface area contributed by atoms with Crippen molar-refractivity contribution < 1.29 is 9.53 Å². The third-order valence-electron chi connectivity index (χ3n) is 3.53. The fourth-order valence-corrected chi connectivity index (χ4v) is 3.23. The maximum absolute atomic E-state index is 12.4. The zero-order valence-corrected chi connectivity index (χ0v) is 12.9. The van der Waals surface area contributed by atoms with Gasteiger partial charge in [0.2, 0.25) is 0 Å². The smallest absolute Gasteiger partial charge is 0.264 e. The lowest BCUT2D eigenvalue weighted by molar-refractivity contribution is 0.0578. The Morgan fingerprint density at radius 3 is 2.95 bits per heavy atom. The van der Waals surface area contributed by atoms with E-state index in [4.69, 9.17) is 10.5 Å². The Hall–Kier alpha value is -0.780. The Morgan fingerprint density at radius 1 is 1.63 bits per heavy atom. The van der Waals surface area contributed by atoms with Crippen LogP contribution < -0.4 is 10.5 Å². The van der Waals surface area contributed by atoms with Crippen molar-refractivity contribution in [3.63, 3.8) is 0 Å². The molecule has 2 unspecified atom stereocenters. The number of likely N-dealkylation sites (tertiary alicyclic amines) is 1. The predicted molar refractivity (Wildman–Crippen MR) is 80.4 cm³/mol. The van der Waals surface area contributed by atoms with E-state index in [9.17, 15) is 4.79 Å². The van der Waals surface area contributed by atoms with Crippen LogP contribution in [-0.2, 0) is 0 Å². The molecule has 1 aliphatic rings. The van der Waals surface area contributed by atoms with Crippen molar-refractivity contribution in [1.29, 1.82) is 0 Å². The number of amides is 1.